The van der Waals surface area contributed by atoms with Gasteiger partial charge in [0.05, 0.1) is 11.6 Å². The second-order valence-electron chi connectivity index (χ2n) is 4.26. The molecule has 0 fully saturated rings. The summed E-state index contributed by atoms with van der Waals surface area (Å²) in [6.45, 7) is 1.95. The van der Waals surface area contributed by atoms with Crippen molar-refractivity contribution in [3.63, 3.8) is 0 Å². The number of H-pyrrole nitrogens is 1. The van der Waals surface area contributed by atoms with Gasteiger partial charge in [0.2, 0.25) is 0 Å². The van der Waals surface area contributed by atoms with Gasteiger partial charge >= 0.3 is 0 Å². The number of benzene rings is 1. The van der Waals surface area contributed by atoms with Crippen LogP contribution >= 0.6 is 12.4 Å². The van der Waals surface area contributed by atoms with E-state index in [1.807, 2.05) is 24.4 Å². The maximum atomic E-state index is 8.95. The summed E-state index contributed by atoms with van der Waals surface area (Å²) in [4.78, 5) is 3.27. The van der Waals surface area contributed by atoms with Crippen molar-refractivity contribution in [3.05, 3.63) is 41.6 Å². The first kappa shape index (κ1) is 12.7. The lowest BCUT2D eigenvalue weighted by Crippen LogP contribution is -2.19. The molecule has 1 aliphatic heterocycles. The zero-order chi connectivity index (χ0) is 11.7. The number of nitriles is 1. The Morgan fingerprint density at radius 3 is 2.89 bits per heavy atom. The molecular weight excluding hydrogens is 246 g/mol. The van der Waals surface area contributed by atoms with Crippen LogP contribution in [0.5, 0.6) is 0 Å². The summed E-state index contributed by atoms with van der Waals surface area (Å²) in [5.41, 5.74) is 4.41. The first-order valence-electron chi connectivity index (χ1n) is 5.80. The highest BCUT2D eigenvalue weighted by Crippen LogP contribution is 2.28. The Hall–Kier alpha value is -1.76. The molecule has 0 saturated carbocycles. The number of nitrogens with zero attached hydrogens (tertiary/aromatic N) is 1. The summed E-state index contributed by atoms with van der Waals surface area (Å²) in [6.07, 6.45) is 5.32. The first-order chi connectivity index (χ1) is 8.38. The molecule has 1 aliphatic rings. The van der Waals surface area contributed by atoms with Gasteiger partial charge in [0.25, 0.3) is 0 Å². The molecule has 0 unspecified atom stereocenters. The third-order valence-electron chi connectivity index (χ3n) is 3.22. The Kier molecular flexibility index (Phi) is 3.71. The molecule has 0 amide bonds. The predicted molar refractivity (Wildman–Crippen MR) is 75.7 cm³/mol. The SMILES string of the molecule is Cl.N#Cc1ccc2[nH]cc(C3=CCNCC3)c2c1. The van der Waals surface area contributed by atoms with Crippen LogP contribution in [0.1, 0.15) is 17.5 Å². The maximum Gasteiger partial charge on any atom is 0.0991 e. The van der Waals surface area contributed by atoms with E-state index in [-0.39, 0.29) is 12.4 Å². The summed E-state index contributed by atoms with van der Waals surface area (Å²) in [5.74, 6) is 0. The van der Waals surface area contributed by atoms with Crippen molar-refractivity contribution in [1.29, 1.82) is 5.26 Å². The standard InChI is InChI=1S/C14H13N3.ClH/c15-8-10-1-2-14-12(7-10)13(9-17-14)11-3-5-16-6-4-11;/h1-3,7,9,16-17H,4-6H2;1H. The van der Waals surface area contributed by atoms with Gasteiger partial charge in [-0.1, -0.05) is 6.08 Å². The molecule has 0 atom stereocenters. The van der Waals surface area contributed by atoms with Crippen molar-refractivity contribution in [2.75, 3.05) is 13.1 Å². The number of aromatic amines is 1. The molecule has 4 heteroatoms. The Morgan fingerprint density at radius 1 is 1.28 bits per heavy atom. The third kappa shape index (κ3) is 2.13. The van der Waals surface area contributed by atoms with Gasteiger partial charge in [0, 0.05) is 29.2 Å². The topological polar surface area (TPSA) is 51.6 Å². The van der Waals surface area contributed by atoms with E-state index in [1.54, 1.807) is 0 Å². The summed E-state index contributed by atoms with van der Waals surface area (Å²) < 4.78 is 0. The first-order valence-corrected chi connectivity index (χ1v) is 5.80. The smallest absolute Gasteiger partial charge is 0.0991 e. The number of rotatable bonds is 1. The van der Waals surface area contributed by atoms with Crippen LogP contribution in [0.3, 0.4) is 0 Å². The molecule has 0 bridgehead atoms. The molecule has 0 saturated heterocycles. The van der Waals surface area contributed by atoms with Crippen LogP contribution in [0.2, 0.25) is 0 Å². The van der Waals surface area contributed by atoms with E-state index in [2.05, 4.69) is 22.4 Å². The molecule has 2 aromatic rings. The number of halogens is 1. The van der Waals surface area contributed by atoms with Crippen molar-refractivity contribution in [1.82, 2.24) is 10.3 Å². The molecule has 0 aliphatic carbocycles. The van der Waals surface area contributed by atoms with Crippen molar-refractivity contribution in [2.45, 2.75) is 6.42 Å². The van der Waals surface area contributed by atoms with E-state index in [0.717, 1.165) is 30.4 Å². The minimum atomic E-state index is 0. The Labute approximate surface area is 112 Å². The normalized spacial score (nSPS) is 14.7. The van der Waals surface area contributed by atoms with Gasteiger partial charge in [0.1, 0.15) is 0 Å². The molecule has 1 aromatic carbocycles. The minimum absolute atomic E-state index is 0. The molecule has 2 heterocycles. The van der Waals surface area contributed by atoms with Gasteiger partial charge in [0.15, 0.2) is 0 Å². The van der Waals surface area contributed by atoms with E-state index >= 15 is 0 Å². The molecule has 92 valence electrons. The second kappa shape index (κ2) is 5.26. The lowest BCUT2D eigenvalue weighted by atomic mass is 9.99. The number of hydrogen-bond donors (Lipinski definition) is 2. The zero-order valence-electron chi connectivity index (χ0n) is 9.86. The molecule has 3 rings (SSSR count). The Balaban J connectivity index is 0.00000120. The van der Waals surface area contributed by atoms with Gasteiger partial charge in [-0.25, -0.2) is 0 Å². The predicted octanol–water partition coefficient (Wildman–Crippen LogP) is 2.84. The van der Waals surface area contributed by atoms with Crippen molar-refractivity contribution >= 4 is 28.9 Å². The summed E-state index contributed by atoms with van der Waals surface area (Å²) >= 11 is 0. The Morgan fingerprint density at radius 2 is 2.17 bits per heavy atom. The molecule has 2 N–H and O–H groups in total. The zero-order valence-corrected chi connectivity index (χ0v) is 10.7. The largest absolute Gasteiger partial charge is 0.361 e. The van der Waals surface area contributed by atoms with Crippen molar-refractivity contribution in [2.24, 2.45) is 0 Å². The van der Waals surface area contributed by atoms with Crippen LogP contribution in [0, 0.1) is 11.3 Å². The minimum Gasteiger partial charge on any atom is -0.361 e. The van der Waals surface area contributed by atoms with Crippen LogP contribution < -0.4 is 5.32 Å². The highest BCUT2D eigenvalue weighted by Gasteiger charge is 2.11. The molecule has 1 aromatic heterocycles. The lowest BCUT2D eigenvalue weighted by molar-refractivity contribution is 0.739. The van der Waals surface area contributed by atoms with Gasteiger partial charge in [-0.05, 0) is 36.7 Å². The van der Waals surface area contributed by atoms with Gasteiger partial charge in [-0.3, -0.25) is 0 Å². The van der Waals surface area contributed by atoms with Gasteiger partial charge in [-0.2, -0.15) is 5.26 Å². The van der Waals surface area contributed by atoms with E-state index in [4.69, 9.17) is 5.26 Å². The van der Waals surface area contributed by atoms with Crippen molar-refractivity contribution in [3.8, 4) is 6.07 Å². The summed E-state index contributed by atoms with van der Waals surface area (Å²) in [5, 5.41) is 13.4. The molecule has 18 heavy (non-hydrogen) atoms. The fourth-order valence-corrected chi connectivity index (χ4v) is 2.32. The van der Waals surface area contributed by atoms with Gasteiger partial charge < -0.3 is 10.3 Å². The van der Waals surface area contributed by atoms with E-state index in [0.29, 0.717) is 5.56 Å². The van der Waals surface area contributed by atoms with Crippen LogP contribution in [-0.2, 0) is 0 Å². The highest BCUT2D eigenvalue weighted by molar-refractivity contribution is 5.93. The molecular formula is C14H14ClN3. The number of hydrogen-bond acceptors (Lipinski definition) is 2. The Bertz CT molecular complexity index is 634. The van der Waals surface area contributed by atoms with Gasteiger partial charge in [-0.15, -0.1) is 12.4 Å². The van der Waals surface area contributed by atoms with Crippen molar-refractivity contribution < 1.29 is 0 Å². The molecule has 3 nitrogen and oxygen atoms in total. The monoisotopic (exact) mass is 259 g/mol. The fourth-order valence-electron chi connectivity index (χ4n) is 2.32. The third-order valence-corrected chi connectivity index (χ3v) is 3.22. The van der Waals surface area contributed by atoms with E-state index in [9.17, 15) is 0 Å². The highest BCUT2D eigenvalue weighted by atomic mass is 35.5. The number of aromatic nitrogens is 1. The van der Waals surface area contributed by atoms with Crippen LogP contribution in [0.25, 0.3) is 16.5 Å². The average Bonchev–Trinajstić information content (AvgIpc) is 2.82. The molecule has 0 radical (unpaired) electrons. The van der Waals surface area contributed by atoms with E-state index < -0.39 is 0 Å². The summed E-state index contributed by atoms with van der Waals surface area (Å²) in [6, 6.07) is 7.97. The van der Waals surface area contributed by atoms with E-state index in [1.165, 1.54) is 11.1 Å². The van der Waals surface area contributed by atoms with Crippen LogP contribution in [0.15, 0.2) is 30.5 Å². The summed E-state index contributed by atoms with van der Waals surface area (Å²) in [7, 11) is 0. The fraction of sp³-hybridized carbons (Fsp3) is 0.214. The average molecular weight is 260 g/mol. The maximum absolute atomic E-state index is 8.95. The lowest BCUT2D eigenvalue weighted by Gasteiger charge is -2.13. The number of nitrogens with one attached hydrogen (secondary N) is 2. The quantitative estimate of drug-likeness (QED) is 0.827. The molecule has 0 spiro atoms. The van der Waals surface area contributed by atoms with Crippen LogP contribution in [-0.4, -0.2) is 18.1 Å². The second-order valence-corrected chi connectivity index (χ2v) is 4.26. The number of fused-ring (bicyclic) bond motifs is 1. The van der Waals surface area contributed by atoms with Crippen LogP contribution in [0.4, 0.5) is 0 Å².